The maximum absolute atomic E-state index is 11.9. The van der Waals surface area contributed by atoms with Gasteiger partial charge in [-0.25, -0.2) is 0 Å². The van der Waals surface area contributed by atoms with Crippen molar-refractivity contribution in [3.63, 3.8) is 0 Å². The third kappa shape index (κ3) is 5.02. The molecule has 0 aromatic carbocycles. The van der Waals surface area contributed by atoms with Crippen molar-refractivity contribution in [2.24, 2.45) is 5.92 Å². The van der Waals surface area contributed by atoms with E-state index in [1.165, 1.54) is 0 Å². The van der Waals surface area contributed by atoms with Gasteiger partial charge in [-0.1, -0.05) is 6.92 Å². The van der Waals surface area contributed by atoms with Crippen molar-refractivity contribution in [3.05, 3.63) is 0 Å². The number of carbonyl (C=O) groups is 1. The van der Waals surface area contributed by atoms with Gasteiger partial charge in [0.05, 0.1) is 19.1 Å². The Morgan fingerprint density at radius 1 is 1.41 bits per heavy atom. The highest BCUT2D eigenvalue weighted by atomic mass is 16.5. The quantitative estimate of drug-likeness (QED) is 0.597. The predicted octanol–water partition coefficient (Wildman–Crippen LogP) is 0.154. The summed E-state index contributed by atoms with van der Waals surface area (Å²) in [7, 11) is 0. The summed E-state index contributed by atoms with van der Waals surface area (Å²) in [6.45, 7) is 8.13. The standard InChI is InChI=1S/C12H24N2O3/c1-3-13-11-9-17-8-10(11)12(15)14-6-5-7-16-4-2/h10-11,13H,3-9H2,1-2H3,(H,14,15). The van der Waals surface area contributed by atoms with E-state index in [4.69, 9.17) is 9.47 Å². The molecular weight excluding hydrogens is 220 g/mol. The molecule has 1 aliphatic heterocycles. The Labute approximate surface area is 103 Å². The van der Waals surface area contributed by atoms with Crippen LogP contribution in [0.2, 0.25) is 0 Å². The van der Waals surface area contributed by atoms with Crippen molar-refractivity contribution in [3.8, 4) is 0 Å². The second-order valence-corrected chi connectivity index (χ2v) is 4.15. The first-order valence-corrected chi connectivity index (χ1v) is 6.46. The monoisotopic (exact) mass is 244 g/mol. The number of hydrogen-bond acceptors (Lipinski definition) is 4. The average molecular weight is 244 g/mol. The Balaban J connectivity index is 2.17. The fourth-order valence-electron chi connectivity index (χ4n) is 1.94. The summed E-state index contributed by atoms with van der Waals surface area (Å²) in [6, 6.07) is 0.159. The minimum absolute atomic E-state index is 0.0537. The van der Waals surface area contributed by atoms with E-state index in [0.29, 0.717) is 26.4 Å². The third-order valence-electron chi connectivity index (χ3n) is 2.85. The topological polar surface area (TPSA) is 59.6 Å². The number of nitrogens with one attached hydrogen (secondary N) is 2. The van der Waals surface area contributed by atoms with Gasteiger partial charge in [0.2, 0.25) is 5.91 Å². The van der Waals surface area contributed by atoms with E-state index in [2.05, 4.69) is 10.6 Å². The molecule has 0 aliphatic carbocycles. The summed E-state index contributed by atoms with van der Waals surface area (Å²) < 4.78 is 10.6. The van der Waals surface area contributed by atoms with Gasteiger partial charge in [-0.05, 0) is 19.9 Å². The van der Waals surface area contributed by atoms with Gasteiger partial charge in [0.25, 0.3) is 0 Å². The van der Waals surface area contributed by atoms with E-state index in [1.807, 2.05) is 13.8 Å². The molecule has 0 saturated carbocycles. The number of rotatable bonds is 8. The number of likely N-dealkylation sites (N-methyl/N-ethyl adjacent to an activating group) is 1. The molecule has 0 radical (unpaired) electrons. The predicted molar refractivity (Wildman–Crippen MR) is 65.9 cm³/mol. The molecule has 1 amide bonds. The van der Waals surface area contributed by atoms with Crippen LogP contribution in [0.5, 0.6) is 0 Å². The van der Waals surface area contributed by atoms with Crippen LogP contribution in [0.15, 0.2) is 0 Å². The highest BCUT2D eigenvalue weighted by molar-refractivity contribution is 5.79. The van der Waals surface area contributed by atoms with E-state index in [1.54, 1.807) is 0 Å². The van der Waals surface area contributed by atoms with Crippen molar-refractivity contribution in [2.45, 2.75) is 26.3 Å². The average Bonchev–Trinajstić information content (AvgIpc) is 2.77. The van der Waals surface area contributed by atoms with Crippen LogP contribution in [0.1, 0.15) is 20.3 Å². The van der Waals surface area contributed by atoms with E-state index in [9.17, 15) is 4.79 Å². The van der Waals surface area contributed by atoms with Gasteiger partial charge >= 0.3 is 0 Å². The van der Waals surface area contributed by atoms with Gasteiger partial charge in [0.15, 0.2) is 0 Å². The first-order valence-electron chi connectivity index (χ1n) is 6.46. The molecule has 0 aromatic heterocycles. The summed E-state index contributed by atoms with van der Waals surface area (Å²) >= 11 is 0. The molecule has 1 aliphatic rings. The van der Waals surface area contributed by atoms with Crippen molar-refractivity contribution < 1.29 is 14.3 Å². The number of amides is 1. The van der Waals surface area contributed by atoms with Crippen LogP contribution in [0, 0.1) is 5.92 Å². The summed E-state index contributed by atoms with van der Waals surface area (Å²) in [5.41, 5.74) is 0. The van der Waals surface area contributed by atoms with Crippen molar-refractivity contribution >= 4 is 5.91 Å². The fourth-order valence-corrected chi connectivity index (χ4v) is 1.94. The van der Waals surface area contributed by atoms with Gasteiger partial charge in [-0.15, -0.1) is 0 Å². The minimum Gasteiger partial charge on any atom is -0.382 e. The lowest BCUT2D eigenvalue weighted by Crippen LogP contribution is -2.44. The van der Waals surface area contributed by atoms with Crippen LogP contribution in [0.4, 0.5) is 0 Å². The van der Waals surface area contributed by atoms with Crippen LogP contribution >= 0.6 is 0 Å². The lowest BCUT2D eigenvalue weighted by atomic mass is 10.0. The lowest BCUT2D eigenvalue weighted by molar-refractivity contribution is -0.125. The van der Waals surface area contributed by atoms with Gasteiger partial charge in [0.1, 0.15) is 0 Å². The van der Waals surface area contributed by atoms with Gasteiger partial charge < -0.3 is 20.1 Å². The minimum atomic E-state index is -0.0537. The Morgan fingerprint density at radius 3 is 2.94 bits per heavy atom. The summed E-state index contributed by atoms with van der Waals surface area (Å²) in [6.07, 6.45) is 0.860. The zero-order valence-corrected chi connectivity index (χ0v) is 10.8. The summed E-state index contributed by atoms with van der Waals surface area (Å²) in [5, 5.41) is 6.21. The van der Waals surface area contributed by atoms with E-state index in [-0.39, 0.29) is 17.9 Å². The number of hydrogen-bond donors (Lipinski definition) is 2. The SMILES string of the molecule is CCNC1COCC1C(=O)NCCCOCC. The highest BCUT2D eigenvalue weighted by Gasteiger charge is 2.32. The first kappa shape index (κ1) is 14.4. The zero-order valence-electron chi connectivity index (χ0n) is 10.8. The molecule has 0 spiro atoms. The number of ether oxygens (including phenoxy) is 2. The highest BCUT2D eigenvalue weighted by Crippen LogP contribution is 2.13. The van der Waals surface area contributed by atoms with E-state index >= 15 is 0 Å². The molecule has 0 aromatic rings. The lowest BCUT2D eigenvalue weighted by Gasteiger charge is -2.17. The Morgan fingerprint density at radius 2 is 2.24 bits per heavy atom. The van der Waals surface area contributed by atoms with Gasteiger partial charge in [-0.2, -0.15) is 0 Å². The zero-order chi connectivity index (χ0) is 12.5. The Hall–Kier alpha value is -0.650. The van der Waals surface area contributed by atoms with Crippen LogP contribution in [0.3, 0.4) is 0 Å². The summed E-state index contributed by atoms with van der Waals surface area (Å²) in [5.74, 6) is 0.0343. The fraction of sp³-hybridized carbons (Fsp3) is 0.917. The molecule has 17 heavy (non-hydrogen) atoms. The number of carbonyl (C=O) groups excluding carboxylic acids is 1. The summed E-state index contributed by atoms with van der Waals surface area (Å²) in [4.78, 5) is 11.9. The van der Waals surface area contributed by atoms with Crippen LogP contribution < -0.4 is 10.6 Å². The second kappa shape index (κ2) is 8.44. The second-order valence-electron chi connectivity index (χ2n) is 4.15. The molecule has 100 valence electrons. The van der Waals surface area contributed by atoms with Gasteiger partial charge in [0, 0.05) is 25.8 Å². The van der Waals surface area contributed by atoms with Crippen LogP contribution in [-0.4, -0.2) is 51.5 Å². The molecular formula is C12H24N2O3. The van der Waals surface area contributed by atoms with Crippen LogP contribution in [-0.2, 0) is 14.3 Å². The van der Waals surface area contributed by atoms with Crippen molar-refractivity contribution in [1.82, 2.24) is 10.6 Å². The smallest absolute Gasteiger partial charge is 0.227 e. The molecule has 2 unspecified atom stereocenters. The molecule has 0 bridgehead atoms. The van der Waals surface area contributed by atoms with E-state index in [0.717, 1.165) is 19.6 Å². The molecule has 1 saturated heterocycles. The van der Waals surface area contributed by atoms with Crippen molar-refractivity contribution in [1.29, 1.82) is 0 Å². The van der Waals surface area contributed by atoms with Gasteiger partial charge in [-0.3, -0.25) is 4.79 Å². The normalized spacial score (nSPS) is 23.9. The molecule has 1 fully saturated rings. The third-order valence-corrected chi connectivity index (χ3v) is 2.85. The van der Waals surface area contributed by atoms with Crippen molar-refractivity contribution in [2.75, 3.05) is 39.5 Å². The molecule has 2 atom stereocenters. The largest absolute Gasteiger partial charge is 0.382 e. The molecule has 5 nitrogen and oxygen atoms in total. The molecule has 1 rings (SSSR count). The van der Waals surface area contributed by atoms with Crippen LogP contribution in [0.25, 0.3) is 0 Å². The maximum Gasteiger partial charge on any atom is 0.227 e. The van der Waals surface area contributed by atoms with E-state index < -0.39 is 0 Å². The molecule has 2 N–H and O–H groups in total. The Bertz CT molecular complexity index is 224. The first-order chi connectivity index (χ1) is 8.29. The Kier molecular flexibility index (Phi) is 7.16. The molecule has 5 heteroatoms. The maximum atomic E-state index is 11.9. The molecule has 1 heterocycles.